The summed E-state index contributed by atoms with van der Waals surface area (Å²) in [5.74, 6) is 0. The lowest BCUT2D eigenvalue weighted by atomic mass is 10.1. The second-order valence-corrected chi connectivity index (χ2v) is 5.36. The normalized spacial score (nSPS) is 18.8. The molecule has 0 bridgehead atoms. The molecule has 0 aliphatic carbocycles. The van der Waals surface area contributed by atoms with Crippen molar-refractivity contribution in [2.75, 3.05) is 19.6 Å². The summed E-state index contributed by atoms with van der Waals surface area (Å²) in [4.78, 5) is 14.4. The summed E-state index contributed by atoms with van der Waals surface area (Å²) >= 11 is 0. The molecule has 1 fully saturated rings. The molecule has 2 amide bonds. The van der Waals surface area contributed by atoms with Gasteiger partial charge in [0.1, 0.15) is 0 Å². The summed E-state index contributed by atoms with van der Waals surface area (Å²) < 4.78 is 0. The number of hydrogen-bond acceptors (Lipinski definition) is 2. The zero-order valence-corrected chi connectivity index (χ0v) is 12.5. The maximum Gasteiger partial charge on any atom is 0.315 e. The van der Waals surface area contributed by atoms with E-state index in [2.05, 4.69) is 36.0 Å². The minimum Gasteiger partial charge on any atom is -0.335 e. The van der Waals surface area contributed by atoms with Crippen LogP contribution in [0.4, 0.5) is 4.79 Å². The van der Waals surface area contributed by atoms with E-state index in [1.165, 1.54) is 13.0 Å². The van der Waals surface area contributed by atoms with Gasteiger partial charge in [0.2, 0.25) is 0 Å². The third-order valence-electron chi connectivity index (χ3n) is 3.74. The van der Waals surface area contributed by atoms with Crippen LogP contribution in [-0.4, -0.2) is 42.6 Å². The summed E-state index contributed by atoms with van der Waals surface area (Å²) in [6.07, 6.45) is 6.96. The van der Waals surface area contributed by atoms with Gasteiger partial charge in [-0.2, -0.15) is 0 Å². The second kappa shape index (κ2) is 8.97. The standard InChI is InChI=1S/C15H29N3O/c1-4-7-13(6-3)16-15(19)17-14-8-11-18(10-5-2)12-9-14/h4,13-14H,1,5-12H2,2-3H3,(H2,16,17,19)/t13-/m0/s1. The number of nitrogens with zero attached hydrogens (tertiary/aromatic N) is 1. The van der Waals surface area contributed by atoms with E-state index in [4.69, 9.17) is 0 Å². The zero-order valence-electron chi connectivity index (χ0n) is 12.5. The van der Waals surface area contributed by atoms with Crippen molar-refractivity contribution in [3.05, 3.63) is 12.7 Å². The van der Waals surface area contributed by atoms with E-state index >= 15 is 0 Å². The molecule has 1 rings (SSSR count). The predicted molar refractivity (Wildman–Crippen MR) is 80.3 cm³/mol. The minimum absolute atomic E-state index is 0.0253. The Bertz CT molecular complexity index is 273. The number of amides is 2. The number of urea groups is 1. The van der Waals surface area contributed by atoms with Crippen molar-refractivity contribution in [1.82, 2.24) is 15.5 Å². The maximum absolute atomic E-state index is 11.9. The Hall–Kier alpha value is -1.03. The van der Waals surface area contributed by atoms with Gasteiger partial charge < -0.3 is 15.5 Å². The maximum atomic E-state index is 11.9. The van der Waals surface area contributed by atoms with Crippen LogP contribution in [-0.2, 0) is 0 Å². The highest BCUT2D eigenvalue weighted by molar-refractivity contribution is 5.74. The summed E-state index contributed by atoms with van der Waals surface area (Å²) in [6.45, 7) is 11.4. The SMILES string of the molecule is C=CC[C@H](CC)NC(=O)NC1CCN(CCC)CC1. The first-order valence-corrected chi connectivity index (χ1v) is 7.59. The van der Waals surface area contributed by atoms with Gasteiger partial charge in [-0.25, -0.2) is 4.79 Å². The average molecular weight is 267 g/mol. The molecule has 0 saturated carbocycles. The Morgan fingerprint density at radius 2 is 2.11 bits per heavy atom. The molecule has 4 heteroatoms. The first-order valence-electron chi connectivity index (χ1n) is 7.59. The van der Waals surface area contributed by atoms with Gasteiger partial charge in [-0.05, 0) is 38.6 Å². The van der Waals surface area contributed by atoms with Crippen LogP contribution in [0.15, 0.2) is 12.7 Å². The lowest BCUT2D eigenvalue weighted by Gasteiger charge is -2.32. The minimum atomic E-state index is -0.0253. The van der Waals surface area contributed by atoms with Crippen molar-refractivity contribution in [2.45, 2.75) is 58.0 Å². The van der Waals surface area contributed by atoms with Crippen LogP contribution in [0.25, 0.3) is 0 Å². The molecular weight excluding hydrogens is 238 g/mol. The summed E-state index contributed by atoms with van der Waals surface area (Å²) in [5.41, 5.74) is 0. The molecule has 1 heterocycles. The van der Waals surface area contributed by atoms with Gasteiger partial charge in [-0.15, -0.1) is 6.58 Å². The van der Waals surface area contributed by atoms with Crippen LogP contribution in [0.5, 0.6) is 0 Å². The molecule has 0 aromatic rings. The Kier molecular flexibility index (Phi) is 7.56. The fourth-order valence-corrected chi connectivity index (χ4v) is 2.56. The Morgan fingerprint density at radius 3 is 2.63 bits per heavy atom. The van der Waals surface area contributed by atoms with E-state index < -0.39 is 0 Å². The van der Waals surface area contributed by atoms with Crippen molar-refractivity contribution in [1.29, 1.82) is 0 Å². The van der Waals surface area contributed by atoms with E-state index in [0.29, 0.717) is 6.04 Å². The van der Waals surface area contributed by atoms with Gasteiger partial charge in [0.05, 0.1) is 0 Å². The smallest absolute Gasteiger partial charge is 0.315 e. The number of rotatable bonds is 7. The number of nitrogens with one attached hydrogen (secondary N) is 2. The third kappa shape index (κ3) is 6.10. The molecule has 1 aliphatic rings. The van der Waals surface area contributed by atoms with Crippen molar-refractivity contribution < 1.29 is 4.79 Å². The number of likely N-dealkylation sites (tertiary alicyclic amines) is 1. The van der Waals surface area contributed by atoms with Crippen molar-refractivity contribution in [2.24, 2.45) is 0 Å². The highest BCUT2D eigenvalue weighted by Gasteiger charge is 2.20. The van der Waals surface area contributed by atoms with E-state index in [1.54, 1.807) is 0 Å². The van der Waals surface area contributed by atoms with Gasteiger partial charge in [0, 0.05) is 25.2 Å². The van der Waals surface area contributed by atoms with Crippen LogP contribution in [0.2, 0.25) is 0 Å². The van der Waals surface area contributed by atoms with Crippen molar-refractivity contribution in [3.8, 4) is 0 Å². The topological polar surface area (TPSA) is 44.4 Å². The van der Waals surface area contributed by atoms with Gasteiger partial charge in [-0.1, -0.05) is 19.9 Å². The number of piperidine rings is 1. The molecule has 4 nitrogen and oxygen atoms in total. The van der Waals surface area contributed by atoms with Gasteiger partial charge in [0.15, 0.2) is 0 Å². The zero-order chi connectivity index (χ0) is 14.1. The number of carbonyl (C=O) groups excluding carboxylic acids is 1. The number of carbonyl (C=O) groups is 1. The van der Waals surface area contributed by atoms with Crippen LogP contribution < -0.4 is 10.6 Å². The molecule has 0 unspecified atom stereocenters. The lowest BCUT2D eigenvalue weighted by Crippen LogP contribution is -2.50. The van der Waals surface area contributed by atoms with E-state index in [-0.39, 0.29) is 12.1 Å². The monoisotopic (exact) mass is 267 g/mol. The molecule has 110 valence electrons. The first kappa shape index (κ1) is 16.0. The predicted octanol–water partition coefficient (Wildman–Crippen LogP) is 2.51. The quantitative estimate of drug-likeness (QED) is 0.696. The molecule has 2 N–H and O–H groups in total. The highest BCUT2D eigenvalue weighted by Crippen LogP contribution is 2.10. The Balaban J connectivity index is 2.24. The van der Waals surface area contributed by atoms with Crippen LogP contribution >= 0.6 is 0 Å². The summed E-state index contributed by atoms with van der Waals surface area (Å²) in [7, 11) is 0. The van der Waals surface area contributed by atoms with E-state index in [9.17, 15) is 4.79 Å². The molecule has 19 heavy (non-hydrogen) atoms. The summed E-state index contributed by atoms with van der Waals surface area (Å²) in [6, 6.07) is 0.509. The van der Waals surface area contributed by atoms with Crippen LogP contribution in [0.3, 0.4) is 0 Å². The number of hydrogen-bond donors (Lipinski definition) is 2. The van der Waals surface area contributed by atoms with E-state index in [0.717, 1.165) is 38.8 Å². The molecule has 0 spiro atoms. The molecular formula is C15H29N3O. The highest BCUT2D eigenvalue weighted by atomic mass is 16.2. The van der Waals surface area contributed by atoms with Crippen LogP contribution in [0, 0.1) is 0 Å². The first-order chi connectivity index (χ1) is 9.19. The Morgan fingerprint density at radius 1 is 1.42 bits per heavy atom. The molecule has 0 aromatic carbocycles. The third-order valence-corrected chi connectivity index (χ3v) is 3.74. The van der Waals surface area contributed by atoms with Gasteiger partial charge in [-0.3, -0.25) is 0 Å². The molecule has 0 radical (unpaired) electrons. The van der Waals surface area contributed by atoms with Gasteiger partial charge >= 0.3 is 6.03 Å². The molecule has 1 aliphatic heterocycles. The fraction of sp³-hybridized carbons (Fsp3) is 0.800. The van der Waals surface area contributed by atoms with Crippen molar-refractivity contribution in [3.63, 3.8) is 0 Å². The van der Waals surface area contributed by atoms with Crippen LogP contribution in [0.1, 0.15) is 46.0 Å². The molecule has 0 aromatic heterocycles. The average Bonchev–Trinajstić information content (AvgIpc) is 2.41. The second-order valence-electron chi connectivity index (χ2n) is 5.36. The molecule has 1 saturated heterocycles. The van der Waals surface area contributed by atoms with Gasteiger partial charge in [0.25, 0.3) is 0 Å². The van der Waals surface area contributed by atoms with E-state index in [1.807, 2.05) is 6.08 Å². The fourth-order valence-electron chi connectivity index (χ4n) is 2.56. The largest absolute Gasteiger partial charge is 0.335 e. The summed E-state index contributed by atoms with van der Waals surface area (Å²) in [5, 5.41) is 6.11. The van der Waals surface area contributed by atoms with Crippen molar-refractivity contribution >= 4 is 6.03 Å². The Labute approximate surface area is 117 Å². The molecule has 1 atom stereocenters. The lowest BCUT2D eigenvalue weighted by molar-refractivity contribution is 0.191.